The summed E-state index contributed by atoms with van der Waals surface area (Å²) in [4.78, 5) is 10.3. The molecule has 7 nitrogen and oxygen atoms in total. The van der Waals surface area contributed by atoms with Crippen molar-refractivity contribution in [2.75, 3.05) is 24.2 Å². The summed E-state index contributed by atoms with van der Waals surface area (Å²) in [6, 6.07) is 5.54. The first-order valence-corrected chi connectivity index (χ1v) is 10.9. The number of piperidine rings is 1. The van der Waals surface area contributed by atoms with Gasteiger partial charge in [0.1, 0.15) is 5.82 Å². The second kappa shape index (κ2) is 6.97. The molecule has 1 saturated heterocycles. The summed E-state index contributed by atoms with van der Waals surface area (Å²) in [6.45, 7) is 0.991. The van der Waals surface area contributed by atoms with Crippen LogP contribution in [0.3, 0.4) is 0 Å². The molecule has 154 valence electrons. The van der Waals surface area contributed by atoms with E-state index in [1.807, 2.05) is 4.90 Å². The second-order valence-electron chi connectivity index (χ2n) is 7.07. The van der Waals surface area contributed by atoms with E-state index in [2.05, 4.69) is 15.1 Å². The lowest BCUT2D eigenvalue weighted by atomic mass is 10.1. The minimum absolute atomic E-state index is 0.293. The van der Waals surface area contributed by atoms with Crippen LogP contribution in [0, 0.1) is 0 Å². The van der Waals surface area contributed by atoms with E-state index >= 15 is 0 Å². The van der Waals surface area contributed by atoms with Crippen LogP contribution < -0.4 is 4.90 Å². The van der Waals surface area contributed by atoms with E-state index in [0.29, 0.717) is 42.2 Å². The minimum atomic E-state index is -4.56. The molecule has 29 heavy (non-hydrogen) atoms. The molecule has 0 aliphatic carbocycles. The highest BCUT2D eigenvalue weighted by molar-refractivity contribution is 7.91. The molecule has 0 amide bonds. The van der Waals surface area contributed by atoms with Gasteiger partial charge in [-0.25, -0.2) is 22.9 Å². The maximum Gasteiger partial charge on any atom is 0.435 e. The van der Waals surface area contributed by atoms with E-state index < -0.39 is 27.0 Å². The fourth-order valence-corrected chi connectivity index (χ4v) is 4.51. The Kier molecular flexibility index (Phi) is 4.72. The molecule has 0 bridgehead atoms. The van der Waals surface area contributed by atoms with Crippen molar-refractivity contribution in [1.82, 2.24) is 19.6 Å². The molecule has 3 aromatic rings. The molecule has 1 unspecified atom stereocenters. The summed E-state index contributed by atoms with van der Waals surface area (Å²) in [6.07, 6.45) is 0.988. The molecule has 0 radical (unpaired) electrons. The predicted molar refractivity (Wildman–Crippen MR) is 101 cm³/mol. The van der Waals surface area contributed by atoms with Gasteiger partial charge in [-0.05, 0) is 37.1 Å². The number of hydrogen-bond donors (Lipinski definition) is 0. The van der Waals surface area contributed by atoms with Gasteiger partial charge in [-0.2, -0.15) is 18.3 Å². The van der Waals surface area contributed by atoms with Gasteiger partial charge in [0.25, 0.3) is 0 Å². The highest BCUT2D eigenvalue weighted by atomic mass is 32.2. The smallest absolute Gasteiger partial charge is 0.355 e. The van der Waals surface area contributed by atoms with Crippen molar-refractivity contribution in [3.8, 4) is 11.3 Å². The summed E-state index contributed by atoms with van der Waals surface area (Å²) in [5.41, 5.74) is 0.272. The maximum atomic E-state index is 13.0. The van der Waals surface area contributed by atoms with Crippen LogP contribution in [-0.2, 0) is 16.0 Å². The Balaban J connectivity index is 1.71. The molecule has 1 fully saturated rings. The average Bonchev–Trinajstić information content (AvgIpc) is 3.10. The molecule has 0 N–H and O–H groups in total. The number of halogens is 3. The monoisotopic (exact) mass is 425 g/mol. The van der Waals surface area contributed by atoms with E-state index in [0.717, 1.165) is 17.0 Å². The van der Waals surface area contributed by atoms with Crippen LogP contribution in [0.5, 0.6) is 0 Å². The van der Waals surface area contributed by atoms with Crippen LogP contribution in [0.4, 0.5) is 19.0 Å². The summed E-state index contributed by atoms with van der Waals surface area (Å²) >= 11 is 0. The third-order valence-corrected chi connectivity index (χ3v) is 6.60. The Bertz CT molecular complexity index is 1160. The molecule has 4 rings (SSSR count). The van der Waals surface area contributed by atoms with Gasteiger partial charge in [0.2, 0.25) is 0 Å². The normalized spacial score (nSPS) is 18.3. The van der Waals surface area contributed by atoms with E-state index in [9.17, 15) is 21.6 Å². The fourth-order valence-electron chi connectivity index (χ4n) is 3.47. The molecule has 0 spiro atoms. The molecule has 1 atom stereocenters. The molecule has 0 saturated carbocycles. The van der Waals surface area contributed by atoms with Gasteiger partial charge in [0, 0.05) is 31.1 Å². The maximum absolute atomic E-state index is 13.0. The summed E-state index contributed by atoms with van der Waals surface area (Å²) in [5.74, 6) is 0.567. The van der Waals surface area contributed by atoms with Crippen molar-refractivity contribution >= 4 is 21.3 Å². The van der Waals surface area contributed by atoms with Crippen molar-refractivity contribution < 1.29 is 21.6 Å². The lowest BCUT2D eigenvalue weighted by molar-refractivity contribution is -0.141. The van der Waals surface area contributed by atoms with Crippen molar-refractivity contribution in [2.45, 2.75) is 24.3 Å². The number of fused-ring (bicyclic) bond motifs is 1. The van der Waals surface area contributed by atoms with Gasteiger partial charge in [-0.15, -0.1) is 0 Å². The fraction of sp³-hybridized carbons (Fsp3) is 0.389. The number of alkyl halides is 3. The molecule has 0 aromatic carbocycles. The zero-order valence-corrected chi connectivity index (χ0v) is 16.3. The number of pyridine rings is 1. The Morgan fingerprint density at radius 1 is 1.17 bits per heavy atom. The Hall–Kier alpha value is -2.69. The number of nitrogens with zero attached hydrogens (tertiary/aromatic N) is 5. The number of imidazole rings is 1. The van der Waals surface area contributed by atoms with Gasteiger partial charge in [-0.3, -0.25) is 0 Å². The first kappa shape index (κ1) is 19.6. The molecule has 1 aliphatic heterocycles. The minimum Gasteiger partial charge on any atom is -0.355 e. The first-order chi connectivity index (χ1) is 13.6. The Labute approximate surface area is 165 Å². The topological polar surface area (TPSA) is 80.5 Å². The van der Waals surface area contributed by atoms with E-state index in [1.54, 1.807) is 18.3 Å². The van der Waals surface area contributed by atoms with Crippen LogP contribution in [0.1, 0.15) is 18.5 Å². The molecule has 1 aliphatic rings. The largest absolute Gasteiger partial charge is 0.435 e. The SMILES string of the molecule is CS(=O)(=O)C1CCCN(c2cc(-c3cnc4ccc(C(F)(F)F)nn34)ccn2)C1. The molecule has 11 heteroatoms. The third kappa shape index (κ3) is 3.91. The Morgan fingerprint density at radius 3 is 2.69 bits per heavy atom. The summed E-state index contributed by atoms with van der Waals surface area (Å²) in [5, 5.41) is 3.22. The standard InChI is InChI=1S/C18H18F3N5O2S/c1-29(27,28)13-3-2-8-25(11-13)17-9-12(6-7-22-17)14-10-23-16-5-4-15(18(19,20)21)24-26(14)16/h4-7,9-10,13H,2-3,8,11H2,1H3. The number of aromatic nitrogens is 4. The summed E-state index contributed by atoms with van der Waals surface area (Å²) in [7, 11) is -3.17. The lowest BCUT2D eigenvalue weighted by Gasteiger charge is -2.32. The van der Waals surface area contributed by atoms with Gasteiger partial charge in [-0.1, -0.05) is 0 Å². The molecule has 4 heterocycles. The van der Waals surface area contributed by atoms with Crippen molar-refractivity contribution in [3.63, 3.8) is 0 Å². The van der Waals surface area contributed by atoms with E-state index in [4.69, 9.17) is 0 Å². The van der Waals surface area contributed by atoms with Crippen LogP contribution in [-0.4, -0.2) is 52.6 Å². The zero-order valence-electron chi connectivity index (χ0n) is 15.5. The first-order valence-electron chi connectivity index (χ1n) is 8.95. The average molecular weight is 425 g/mol. The number of hydrogen-bond acceptors (Lipinski definition) is 6. The molecule has 3 aromatic heterocycles. The van der Waals surface area contributed by atoms with Gasteiger partial charge in [0.05, 0.1) is 17.1 Å². The zero-order chi connectivity index (χ0) is 20.8. The van der Waals surface area contributed by atoms with Crippen LogP contribution in [0.15, 0.2) is 36.7 Å². The van der Waals surface area contributed by atoms with Gasteiger partial charge >= 0.3 is 6.18 Å². The molecular weight excluding hydrogens is 407 g/mol. The van der Waals surface area contributed by atoms with Crippen molar-refractivity contribution in [1.29, 1.82) is 0 Å². The van der Waals surface area contributed by atoms with E-state index in [1.165, 1.54) is 18.5 Å². The van der Waals surface area contributed by atoms with Crippen LogP contribution in [0.25, 0.3) is 16.9 Å². The predicted octanol–water partition coefficient (Wildman–Crippen LogP) is 2.82. The van der Waals surface area contributed by atoms with Crippen LogP contribution in [0.2, 0.25) is 0 Å². The third-order valence-electron chi connectivity index (χ3n) is 5.00. The van der Waals surface area contributed by atoms with Crippen molar-refractivity contribution in [3.05, 3.63) is 42.4 Å². The Morgan fingerprint density at radius 2 is 1.97 bits per heavy atom. The highest BCUT2D eigenvalue weighted by Gasteiger charge is 2.33. The number of sulfone groups is 1. The number of anilines is 1. The quantitative estimate of drug-likeness (QED) is 0.642. The van der Waals surface area contributed by atoms with Crippen molar-refractivity contribution in [2.24, 2.45) is 0 Å². The highest BCUT2D eigenvalue weighted by Crippen LogP contribution is 2.30. The van der Waals surface area contributed by atoms with E-state index in [-0.39, 0.29) is 0 Å². The number of rotatable bonds is 3. The second-order valence-corrected chi connectivity index (χ2v) is 9.40. The lowest BCUT2D eigenvalue weighted by Crippen LogP contribution is -2.42. The summed E-state index contributed by atoms with van der Waals surface area (Å²) < 4.78 is 64.1. The van der Waals surface area contributed by atoms with Crippen LogP contribution >= 0.6 is 0 Å². The van der Waals surface area contributed by atoms with Gasteiger partial charge in [0.15, 0.2) is 21.2 Å². The van der Waals surface area contributed by atoms with Gasteiger partial charge < -0.3 is 4.90 Å². The molecular formula is C18H18F3N5O2S.